The van der Waals surface area contributed by atoms with Crippen LogP contribution in [0.25, 0.3) is 0 Å². The fraction of sp³-hybridized carbons (Fsp3) is 0.286. The number of carbonyl (C=O) groups is 2. The number of nitrogens with one attached hydrogen (secondary N) is 1. The van der Waals surface area contributed by atoms with Crippen molar-refractivity contribution in [3.8, 4) is 11.5 Å². The molecule has 0 aliphatic carbocycles. The molecular weight excluding hydrogens is 460 g/mol. The molecule has 0 spiro atoms. The number of benzene rings is 3. The molecular formula is C28H30N2O4S. The highest BCUT2D eigenvalue weighted by atomic mass is 32.2. The molecule has 0 radical (unpaired) electrons. The van der Waals surface area contributed by atoms with E-state index in [0.717, 1.165) is 16.9 Å². The molecule has 6 nitrogen and oxygen atoms in total. The van der Waals surface area contributed by atoms with Crippen molar-refractivity contribution in [2.24, 2.45) is 0 Å². The molecule has 7 heteroatoms. The minimum Gasteiger partial charge on any atom is -0.493 e. The van der Waals surface area contributed by atoms with Crippen LogP contribution in [-0.4, -0.2) is 44.2 Å². The summed E-state index contributed by atoms with van der Waals surface area (Å²) in [6.07, 6.45) is 2.94. The maximum atomic E-state index is 13.9. The Morgan fingerprint density at radius 3 is 2.20 bits per heavy atom. The number of ether oxygens (including phenoxy) is 2. The SMILES string of the molecule is CCc1ccc(NC(=O)[C@H]2c3cc(OC)c(OC)cc3C(=O)N(C)[C@@H]2c2ccc(SC)cc2)cc1. The summed E-state index contributed by atoms with van der Waals surface area (Å²) >= 11 is 1.64. The van der Waals surface area contributed by atoms with Gasteiger partial charge in [-0.3, -0.25) is 9.59 Å². The predicted octanol–water partition coefficient (Wildman–Crippen LogP) is 5.54. The Labute approximate surface area is 210 Å². The Balaban J connectivity index is 1.84. The first-order valence-corrected chi connectivity index (χ1v) is 12.7. The van der Waals surface area contributed by atoms with Crippen molar-refractivity contribution in [3.63, 3.8) is 0 Å². The van der Waals surface area contributed by atoms with Gasteiger partial charge in [-0.25, -0.2) is 0 Å². The number of hydrogen-bond acceptors (Lipinski definition) is 5. The van der Waals surface area contributed by atoms with Gasteiger partial charge in [0, 0.05) is 23.2 Å². The number of thioether (sulfide) groups is 1. The minimum absolute atomic E-state index is 0.170. The van der Waals surface area contributed by atoms with Crippen LogP contribution in [0.4, 0.5) is 5.69 Å². The molecule has 182 valence electrons. The average molecular weight is 491 g/mol. The molecule has 0 saturated carbocycles. The molecule has 1 N–H and O–H groups in total. The van der Waals surface area contributed by atoms with Gasteiger partial charge in [-0.05, 0) is 65.8 Å². The van der Waals surface area contributed by atoms with Crippen LogP contribution in [0.3, 0.4) is 0 Å². The molecule has 3 aromatic rings. The molecule has 35 heavy (non-hydrogen) atoms. The van der Waals surface area contributed by atoms with Crippen molar-refractivity contribution >= 4 is 29.3 Å². The normalized spacial score (nSPS) is 17.1. The molecule has 1 heterocycles. The molecule has 0 fully saturated rings. The second kappa shape index (κ2) is 10.4. The van der Waals surface area contributed by atoms with Gasteiger partial charge in [0.2, 0.25) is 5.91 Å². The van der Waals surface area contributed by atoms with E-state index in [1.165, 1.54) is 12.7 Å². The van der Waals surface area contributed by atoms with Crippen LogP contribution < -0.4 is 14.8 Å². The lowest BCUT2D eigenvalue weighted by molar-refractivity contribution is -0.119. The highest BCUT2D eigenvalue weighted by Crippen LogP contribution is 2.46. The zero-order chi connectivity index (χ0) is 25.1. The fourth-order valence-corrected chi connectivity index (χ4v) is 5.00. The lowest BCUT2D eigenvalue weighted by Crippen LogP contribution is -2.44. The summed E-state index contributed by atoms with van der Waals surface area (Å²) in [4.78, 5) is 30.1. The summed E-state index contributed by atoms with van der Waals surface area (Å²) < 4.78 is 11.0. The largest absolute Gasteiger partial charge is 0.493 e. The summed E-state index contributed by atoms with van der Waals surface area (Å²) in [6, 6.07) is 18.8. The second-order valence-electron chi connectivity index (χ2n) is 8.45. The van der Waals surface area contributed by atoms with E-state index in [0.29, 0.717) is 28.3 Å². The molecule has 0 saturated heterocycles. The zero-order valence-corrected chi connectivity index (χ0v) is 21.4. The van der Waals surface area contributed by atoms with E-state index < -0.39 is 12.0 Å². The highest BCUT2D eigenvalue weighted by Gasteiger charge is 2.43. The Hall–Kier alpha value is -3.45. The van der Waals surface area contributed by atoms with Crippen LogP contribution in [0.2, 0.25) is 0 Å². The Morgan fingerprint density at radius 2 is 1.63 bits per heavy atom. The number of anilines is 1. The van der Waals surface area contributed by atoms with Gasteiger partial charge in [-0.15, -0.1) is 11.8 Å². The zero-order valence-electron chi connectivity index (χ0n) is 20.6. The van der Waals surface area contributed by atoms with Gasteiger partial charge < -0.3 is 19.7 Å². The van der Waals surface area contributed by atoms with E-state index in [4.69, 9.17) is 9.47 Å². The number of amides is 2. The molecule has 2 amide bonds. The first-order chi connectivity index (χ1) is 16.9. The van der Waals surface area contributed by atoms with Crippen LogP contribution in [0.15, 0.2) is 65.6 Å². The fourth-order valence-electron chi connectivity index (χ4n) is 4.59. The van der Waals surface area contributed by atoms with Crippen molar-refractivity contribution in [2.45, 2.75) is 30.2 Å². The van der Waals surface area contributed by atoms with Crippen molar-refractivity contribution in [3.05, 3.63) is 82.9 Å². The maximum absolute atomic E-state index is 13.9. The van der Waals surface area contributed by atoms with Crippen molar-refractivity contribution in [2.75, 3.05) is 32.8 Å². The number of fused-ring (bicyclic) bond motifs is 1. The highest BCUT2D eigenvalue weighted by molar-refractivity contribution is 7.98. The standard InChI is InChI=1S/C28H30N2O4S/c1-6-17-7-11-19(12-8-17)29-27(31)25-21-15-23(33-3)24(34-4)16-22(21)28(32)30(2)26(25)18-9-13-20(35-5)14-10-18/h7-16,25-26H,6H2,1-5H3,(H,29,31)/t25-,26+/m0/s1. The van der Waals surface area contributed by atoms with Crippen LogP contribution in [-0.2, 0) is 11.2 Å². The number of rotatable bonds is 7. The molecule has 3 aromatic carbocycles. The summed E-state index contributed by atoms with van der Waals surface area (Å²) in [5.74, 6) is -0.0917. The maximum Gasteiger partial charge on any atom is 0.254 e. The van der Waals surface area contributed by atoms with Crippen molar-refractivity contribution in [1.82, 2.24) is 4.90 Å². The number of aryl methyl sites for hydroxylation is 1. The Kier molecular flexibility index (Phi) is 7.36. The topological polar surface area (TPSA) is 67.9 Å². The summed E-state index contributed by atoms with van der Waals surface area (Å²) in [5, 5.41) is 3.07. The smallest absolute Gasteiger partial charge is 0.254 e. The van der Waals surface area contributed by atoms with Gasteiger partial charge >= 0.3 is 0 Å². The van der Waals surface area contributed by atoms with Gasteiger partial charge in [0.15, 0.2) is 11.5 Å². The lowest BCUT2D eigenvalue weighted by atomic mass is 9.79. The third-order valence-corrected chi connectivity index (χ3v) is 7.29. The van der Waals surface area contributed by atoms with E-state index in [1.54, 1.807) is 43.0 Å². The van der Waals surface area contributed by atoms with Gasteiger partial charge in [-0.2, -0.15) is 0 Å². The Morgan fingerprint density at radius 1 is 1.00 bits per heavy atom. The minimum atomic E-state index is -0.654. The van der Waals surface area contributed by atoms with Gasteiger partial charge in [0.1, 0.15) is 0 Å². The van der Waals surface area contributed by atoms with E-state index >= 15 is 0 Å². The molecule has 4 rings (SSSR count). The third kappa shape index (κ3) is 4.73. The summed E-state index contributed by atoms with van der Waals surface area (Å²) in [5.41, 5.74) is 3.85. The molecule has 0 aromatic heterocycles. The van der Waals surface area contributed by atoms with Gasteiger partial charge in [-0.1, -0.05) is 31.2 Å². The molecule has 0 bridgehead atoms. The average Bonchev–Trinajstić information content (AvgIpc) is 2.90. The monoisotopic (exact) mass is 490 g/mol. The van der Waals surface area contributed by atoms with Crippen LogP contribution >= 0.6 is 11.8 Å². The third-order valence-electron chi connectivity index (χ3n) is 6.54. The predicted molar refractivity (Wildman–Crippen MR) is 140 cm³/mol. The number of carbonyl (C=O) groups excluding carboxylic acids is 2. The molecule has 1 aliphatic rings. The molecule has 2 atom stereocenters. The summed E-state index contributed by atoms with van der Waals surface area (Å²) in [7, 11) is 4.82. The van der Waals surface area contributed by atoms with Crippen molar-refractivity contribution in [1.29, 1.82) is 0 Å². The van der Waals surface area contributed by atoms with E-state index in [-0.39, 0.29) is 11.8 Å². The van der Waals surface area contributed by atoms with Gasteiger partial charge in [0.25, 0.3) is 5.91 Å². The van der Waals surface area contributed by atoms with Crippen LogP contribution in [0.1, 0.15) is 45.9 Å². The first-order valence-electron chi connectivity index (χ1n) is 11.5. The number of likely N-dealkylation sites (N-methyl/N-ethyl adjacent to an activating group) is 1. The van der Waals surface area contributed by atoms with Gasteiger partial charge in [0.05, 0.1) is 26.2 Å². The van der Waals surface area contributed by atoms with E-state index in [1.807, 2.05) is 54.8 Å². The van der Waals surface area contributed by atoms with Crippen LogP contribution in [0.5, 0.6) is 11.5 Å². The van der Waals surface area contributed by atoms with E-state index in [9.17, 15) is 9.59 Å². The lowest BCUT2D eigenvalue weighted by Gasteiger charge is -2.40. The Bertz CT molecular complexity index is 1220. The number of nitrogens with zero attached hydrogens (tertiary/aromatic N) is 1. The first kappa shape index (κ1) is 24.7. The van der Waals surface area contributed by atoms with Crippen LogP contribution in [0, 0.1) is 0 Å². The number of hydrogen-bond donors (Lipinski definition) is 1. The van der Waals surface area contributed by atoms with E-state index in [2.05, 4.69) is 12.2 Å². The molecule has 1 aliphatic heterocycles. The van der Waals surface area contributed by atoms with Crippen molar-refractivity contribution < 1.29 is 19.1 Å². The number of methoxy groups -OCH3 is 2. The molecule has 0 unspecified atom stereocenters. The summed E-state index contributed by atoms with van der Waals surface area (Å²) in [6.45, 7) is 2.09. The quantitative estimate of drug-likeness (QED) is 0.441. The second-order valence-corrected chi connectivity index (χ2v) is 9.33.